The van der Waals surface area contributed by atoms with Crippen LogP contribution >= 0.6 is 23.6 Å². The van der Waals surface area contributed by atoms with Crippen LogP contribution in [-0.2, 0) is 27.2 Å². The van der Waals surface area contributed by atoms with E-state index in [0.717, 1.165) is 42.5 Å². The molecule has 1 aromatic heterocycles. The maximum absolute atomic E-state index is 12.5. The van der Waals surface area contributed by atoms with Gasteiger partial charge in [-0.2, -0.15) is 0 Å². The highest BCUT2D eigenvalue weighted by Gasteiger charge is 2.32. The van der Waals surface area contributed by atoms with Crippen molar-refractivity contribution in [1.82, 2.24) is 10.6 Å². The molecule has 3 rings (SSSR count). The molecular weight excluding hydrogens is 374 g/mol. The van der Waals surface area contributed by atoms with Crippen LogP contribution in [0.1, 0.15) is 47.0 Å². The van der Waals surface area contributed by atoms with Crippen LogP contribution in [0, 0.1) is 5.92 Å². The summed E-state index contributed by atoms with van der Waals surface area (Å²) in [5.41, 5.74) is 1.47. The van der Waals surface area contributed by atoms with Gasteiger partial charge in [0.05, 0.1) is 12.2 Å². The van der Waals surface area contributed by atoms with Gasteiger partial charge < -0.3 is 15.4 Å². The zero-order valence-electron chi connectivity index (χ0n) is 14.3. The molecule has 1 aliphatic carbocycles. The number of aryl methyl sites for hydroxylation is 1. The van der Waals surface area contributed by atoms with Gasteiger partial charge in [0.2, 0.25) is 11.8 Å². The third-order valence-electron chi connectivity index (χ3n) is 4.26. The van der Waals surface area contributed by atoms with Crippen molar-refractivity contribution in [2.75, 3.05) is 6.61 Å². The van der Waals surface area contributed by atoms with Gasteiger partial charge in [0, 0.05) is 11.1 Å². The average molecular weight is 393 g/mol. The van der Waals surface area contributed by atoms with E-state index in [9.17, 15) is 14.4 Å². The number of thiocarbonyl (C=S) groups is 1. The number of fused-ring (bicyclic) bond motifs is 1. The molecule has 138 valence electrons. The van der Waals surface area contributed by atoms with Crippen LogP contribution in [-0.4, -0.2) is 35.7 Å². The van der Waals surface area contributed by atoms with Gasteiger partial charge in [-0.25, -0.2) is 9.79 Å². The van der Waals surface area contributed by atoms with Crippen LogP contribution in [0.25, 0.3) is 0 Å². The van der Waals surface area contributed by atoms with Crippen LogP contribution in [0.5, 0.6) is 0 Å². The molecule has 0 atom stereocenters. The number of carbonyl (C=O) groups excluding carboxylic acids is 3. The van der Waals surface area contributed by atoms with Crippen molar-refractivity contribution < 1.29 is 19.1 Å². The summed E-state index contributed by atoms with van der Waals surface area (Å²) in [6.45, 7) is 2.03. The van der Waals surface area contributed by atoms with Crippen molar-refractivity contribution in [2.45, 2.75) is 39.0 Å². The fraction of sp³-hybridized carbons (Fsp3) is 0.471. The Morgan fingerprint density at radius 3 is 2.65 bits per heavy atom. The molecule has 1 aromatic rings. The van der Waals surface area contributed by atoms with E-state index >= 15 is 0 Å². The van der Waals surface area contributed by atoms with Gasteiger partial charge in [-0.3, -0.25) is 9.59 Å². The summed E-state index contributed by atoms with van der Waals surface area (Å²) >= 11 is 6.21. The van der Waals surface area contributed by atoms with Crippen LogP contribution in [0.4, 0.5) is 5.00 Å². The average Bonchev–Trinajstić information content (AvgIpc) is 2.75. The summed E-state index contributed by atoms with van der Waals surface area (Å²) in [7, 11) is 0. The van der Waals surface area contributed by atoms with Crippen molar-refractivity contribution in [3.63, 3.8) is 0 Å². The number of amides is 2. The molecule has 2 aliphatic rings. The van der Waals surface area contributed by atoms with E-state index < -0.39 is 23.7 Å². The molecule has 0 spiro atoms. The highest BCUT2D eigenvalue weighted by Crippen LogP contribution is 2.39. The lowest BCUT2D eigenvalue weighted by Gasteiger charge is -2.19. The van der Waals surface area contributed by atoms with E-state index in [1.807, 2.05) is 0 Å². The van der Waals surface area contributed by atoms with Gasteiger partial charge in [-0.05, 0) is 50.4 Å². The smallest absolute Gasteiger partial charge is 0.341 e. The molecule has 0 aromatic carbocycles. The Morgan fingerprint density at radius 1 is 1.27 bits per heavy atom. The Morgan fingerprint density at radius 2 is 1.96 bits per heavy atom. The zero-order chi connectivity index (χ0) is 18.7. The van der Waals surface area contributed by atoms with E-state index in [4.69, 9.17) is 17.0 Å². The summed E-state index contributed by atoms with van der Waals surface area (Å²) in [4.78, 5) is 41.8. The maximum atomic E-state index is 12.5. The first kappa shape index (κ1) is 18.7. The lowest BCUT2D eigenvalue weighted by molar-refractivity contribution is -0.131. The highest BCUT2D eigenvalue weighted by molar-refractivity contribution is 7.80. The number of hydrogen-bond donors (Lipinski definition) is 2. The van der Waals surface area contributed by atoms with Crippen molar-refractivity contribution in [2.24, 2.45) is 10.9 Å². The minimum absolute atomic E-state index is 0.0142. The van der Waals surface area contributed by atoms with Gasteiger partial charge in [0.1, 0.15) is 5.00 Å². The lowest BCUT2D eigenvalue weighted by Crippen LogP contribution is -2.56. The normalized spacial score (nSPS) is 18.3. The molecule has 0 radical (unpaired) electrons. The molecule has 1 saturated heterocycles. The topological polar surface area (TPSA) is 96.9 Å². The fourth-order valence-corrected chi connectivity index (χ4v) is 4.47. The second kappa shape index (κ2) is 8.05. The van der Waals surface area contributed by atoms with Crippen molar-refractivity contribution >= 4 is 57.7 Å². The fourth-order valence-electron chi connectivity index (χ4n) is 3.04. The summed E-state index contributed by atoms with van der Waals surface area (Å²) in [5, 5.41) is 5.26. The van der Waals surface area contributed by atoms with E-state index in [1.165, 1.54) is 17.6 Å². The summed E-state index contributed by atoms with van der Waals surface area (Å²) in [6, 6.07) is 0. The lowest BCUT2D eigenvalue weighted by atomic mass is 10.1. The Bertz CT molecular complexity index is 780. The molecule has 2 heterocycles. The summed E-state index contributed by atoms with van der Waals surface area (Å²) in [5.74, 6) is -2.55. The summed E-state index contributed by atoms with van der Waals surface area (Å²) in [6.07, 6.45) is 6.20. The van der Waals surface area contributed by atoms with Crippen molar-refractivity contribution in [3.8, 4) is 0 Å². The van der Waals surface area contributed by atoms with Crippen molar-refractivity contribution in [3.05, 3.63) is 16.0 Å². The summed E-state index contributed by atoms with van der Waals surface area (Å²) < 4.78 is 5.20. The predicted octanol–water partition coefficient (Wildman–Crippen LogP) is 2.04. The molecule has 2 N–H and O–H groups in total. The predicted molar refractivity (Wildman–Crippen MR) is 102 cm³/mol. The molecule has 1 fully saturated rings. The molecule has 0 unspecified atom stereocenters. The quantitative estimate of drug-likeness (QED) is 0.268. The van der Waals surface area contributed by atoms with Crippen molar-refractivity contribution in [1.29, 1.82) is 0 Å². The van der Waals surface area contributed by atoms with Gasteiger partial charge in [0.25, 0.3) is 0 Å². The van der Waals surface area contributed by atoms with Gasteiger partial charge in [0.15, 0.2) is 11.0 Å². The number of hydrogen-bond acceptors (Lipinski definition) is 7. The number of thiophene rings is 1. The Hall–Kier alpha value is -2.13. The Balaban J connectivity index is 1.94. The monoisotopic (exact) mass is 393 g/mol. The zero-order valence-corrected chi connectivity index (χ0v) is 15.9. The van der Waals surface area contributed by atoms with Gasteiger partial charge in [-0.1, -0.05) is 6.42 Å². The third-order valence-corrected chi connectivity index (χ3v) is 5.67. The first-order valence-corrected chi connectivity index (χ1v) is 9.75. The highest BCUT2D eigenvalue weighted by atomic mass is 32.1. The number of nitrogens with one attached hydrogen (secondary N) is 2. The number of carbonyl (C=O) groups is 3. The van der Waals surface area contributed by atoms with E-state index in [2.05, 4.69) is 15.6 Å². The molecule has 7 nitrogen and oxygen atoms in total. The van der Waals surface area contributed by atoms with Crippen LogP contribution in [0.2, 0.25) is 0 Å². The molecule has 9 heteroatoms. The number of rotatable bonds is 4. The Kier molecular flexibility index (Phi) is 5.77. The number of aliphatic imine (C=N–C) groups is 1. The third kappa shape index (κ3) is 3.83. The molecule has 0 bridgehead atoms. The van der Waals surface area contributed by atoms with Crippen LogP contribution < -0.4 is 10.6 Å². The molecule has 2 amide bonds. The molecule has 0 saturated carbocycles. The molecule has 26 heavy (non-hydrogen) atoms. The number of nitrogens with zero attached hydrogens (tertiary/aromatic N) is 1. The Labute approximate surface area is 160 Å². The van der Waals surface area contributed by atoms with Crippen LogP contribution in [0.15, 0.2) is 4.99 Å². The minimum atomic E-state index is -1.08. The molecule has 1 aliphatic heterocycles. The van der Waals surface area contributed by atoms with E-state index in [1.54, 1.807) is 6.92 Å². The number of esters is 1. The largest absolute Gasteiger partial charge is 0.462 e. The second-order valence-electron chi connectivity index (χ2n) is 6.03. The molecular formula is C17H19N3O4S2. The minimum Gasteiger partial charge on any atom is -0.462 e. The van der Waals surface area contributed by atoms with Gasteiger partial charge >= 0.3 is 5.97 Å². The number of ether oxygens (including phenoxy) is 1. The van der Waals surface area contributed by atoms with Crippen LogP contribution in [0.3, 0.4) is 0 Å². The standard InChI is InChI=1S/C17H19N3O4S2/c1-2-24-16(23)12-9-6-4-3-5-7-11(9)26-15(12)18-8-10-13(21)19-17(25)20-14(10)22/h8,10H,2-7H2,1H3,(H2,19,20,21,22,25). The van der Waals surface area contributed by atoms with E-state index in [-0.39, 0.29) is 11.7 Å². The first-order valence-electron chi connectivity index (χ1n) is 8.52. The first-order chi connectivity index (χ1) is 12.5. The maximum Gasteiger partial charge on any atom is 0.341 e. The van der Waals surface area contributed by atoms with Gasteiger partial charge in [-0.15, -0.1) is 11.3 Å². The van der Waals surface area contributed by atoms with E-state index in [0.29, 0.717) is 10.6 Å². The second-order valence-corrected chi connectivity index (χ2v) is 7.52. The SMILES string of the molecule is CCOC(=O)c1c(N=CC2C(=O)NC(=S)NC2=O)sc2c1CCCCC2.